The lowest BCUT2D eigenvalue weighted by Crippen LogP contribution is -2.19. The van der Waals surface area contributed by atoms with Crippen molar-refractivity contribution in [3.8, 4) is 11.3 Å². The smallest absolute Gasteiger partial charge is 0.257 e. The minimum absolute atomic E-state index is 0.256. The first-order valence-corrected chi connectivity index (χ1v) is 8.46. The largest absolute Gasteiger partial charge is 0.398 e. The molecule has 0 atom stereocenters. The fourth-order valence-corrected chi connectivity index (χ4v) is 2.74. The van der Waals surface area contributed by atoms with Gasteiger partial charge in [-0.1, -0.05) is 64.8 Å². The van der Waals surface area contributed by atoms with E-state index in [2.05, 4.69) is 10.5 Å². The topological polar surface area (TPSA) is 81.2 Å². The highest BCUT2D eigenvalue weighted by Crippen LogP contribution is 2.29. The number of hydrogen-bond donors (Lipinski definition) is 2. The molecule has 5 nitrogen and oxygen atoms in total. The maximum atomic E-state index is 12.4. The normalized spacial score (nSPS) is 11.4. The third-order valence-corrected chi connectivity index (χ3v) is 4.50. The molecule has 3 N–H and O–H groups in total. The van der Waals surface area contributed by atoms with Crippen molar-refractivity contribution in [1.29, 1.82) is 0 Å². The zero-order chi connectivity index (χ0) is 18.7. The van der Waals surface area contributed by atoms with E-state index in [1.54, 1.807) is 31.3 Å². The summed E-state index contributed by atoms with van der Waals surface area (Å²) in [7, 11) is 1.54. The quantitative estimate of drug-likeness (QED) is 0.691. The fraction of sp³-hybridized carbons (Fsp3) is 0.0526. The molecule has 0 unspecified atom stereocenters. The molecule has 3 rings (SSSR count). The van der Waals surface area contributed by atoms with Gasteiger partial charge >= 0.3 is 0 Å². The van der Waals surface area contributed by atoms with Crippen LogP contribution < -0.4 is 11.1 Å². The Kier molecular flexibility index (Phi) is 5.30. The Labute approximate surface area is 160 Å². The lowest BCUT2D eigenvalue weighted by atomic mass is 10.0. The summed E-state index contributed by atoms with van der Waals surface area (Å²) in [5.41, 5.74) is 8.68. The molecular formula is C19H15Cl2N3O2. The van der Waals surface area contributed by atoms with E-state index in [0.29, 0.717) is 32.6 Å². The molecule has 7 heteroatoms. The maximum absolute atomic E-state index is 12.4. The molecule has 2 aromatic carbocycles. The zero-order valence-corrected chi connectivity index (χ0v) is 15.3. The van der Waals surface area contributed by atoms with Gasteiger partial charge in [0.05, 0.1) is 10.0 Å². The van der Waals surface area contributed by atoms with Gasteiger partial charge in [-0.05, 0) is 17.7 Å². The Morgan fingerprint density at radius 1 is 1.15 bits per heavy atom. The Bertz CT molecular complexity index is 982. The first kappa shape index (κ1) is 18.0. The second-order valence-corrected chi connectivity index (χ2v) is 6.26. The molecule has 0 aliphatic rings. The molecule has 26 heavy (non-hydrogen) atoms. The molecule has 1 aromatic heterocycles. The number of amides is 1. The van der Waals surface area contributed by atoms with Crippen LogP contribution in [0.2, 0.25) is 10.0 Å². The van der Waals surface area contributed by atoms with Crippen molar-refractivity contribution in [2.45, 2.75) is 0 Å². The van der Waals surface area contributed by atoms with Gasteiger partial charge in [-0.3, -0.25) is 4.79 Å². The van der Waals surface area contributed by atoms with E-state index in [4.69, 9.17) is 33.5 Å². The number of rotatable bonds is 4. The van der Waals surface area contributed by atoms with Gasteiger partial charge in [-0.25, -0.2) is 0 Å². The van der Waals surface area contributed by atoms with E-state index < -0.39 is 0 Å². The second-order valence-electron chi connectivity index (χ2n) is 5.44. The van der Waals surface area contributed by atoms with Gasteiger partial charge in [0.15, 0.2) is 5.76 Å². The van der Waals surface area contributed by atoms with E-state index in [1.807, 2.05) is 30.3 Å². The van der Waals surface area contributed by atoms with Crippen LogP contribution in [0.5, 0.6) is 0 Å². The predicted molar refractivity (Wildman–Crippen MR) is 104 cm³/mol. The van der Waals surface area contributed by atoms with Crippen molar-refractivity contribution >= 4 is 40.9 Å². The number of halogens is 2. The summed E-state index contributed by atoms with van der Waals surface area (Å²) in [5, 5.41) is 7.47. The summed E-state index contributed by atoms with van der Waals surface area (Å²) in [6.45, 7) is 0. The summed E-state index contributed by atoms with van der Waals surface area (Å²) in [6.07, 6.45) is 1.55. The van der Waals surface area contributed by atoms with Crippen LogP contribution in [0.25, 0.3) is 23.0 Å². The molecule has 3 aromatic rings. The zero-order valence-electron chi connectivity index (χ0n) is 13.8. The van der Waals surface area contributed by atoms with E-state index >= 15 is 0 Å². The van der Waals surface area contributed by atoms with Crippen LogP contribution in [0.15, 0.2) is 53.1 Å². The van der Waals surface area contributed by atoms with Crippen molar-refractivity contribution in [3.63, 3.8) is 0 Å². The summed E-state index contributed by atoms with van der Waals surface area (Å²) >= 11 is 12.0. The third-order valence-electron chi connectivity index (χ3n) is 3.76. The molecule has 0 radical (unpaired) electrons. The van der Waals surface area contributed by atoms with Gasteiger partial charge in [0.25, 0.3) is 5.91 Å². The Hall–Kier alpha value is -2.76. The van der Waals surface area contributed by atoms with E-state index in [-0.39, 0.29) is 11.7 Å². The molecule has 0 saturated heterocycles. The van der Waals surface area contributed by atoms with Crippen LogP contribution in [0.1, 0.15) is 21.7 Å². The minimum Gasteiger partial charge on any atom is -0.398 e. The number of nitrogens with zero attached hydrogens (tertiary/aromatic N) is 1. The number of hydrogen-bond acceptors (Lipinski definition) is 4. The van der Waals surface area contributed by atoms with Gasteiger partial charge in [-0.15, -0.1) is 0 Å². The number of carbonyl (C=O) groups is 1. The number of benzene rings is 2. The first-order chi connectivity index (χ1) is 12.5. The highest BCUT2D eigenvalue weighted by atomic mass is 35.5. The molecule has 1 heterocycles. The van der Waals surface area contributed by atoms with E-state index in [0.717, 1.165) is 5.56 Å². The highest BCUT2D eigenvalue weighted by molar-refractivity contribution is 6.42. The molecule has 1 amide bonds. The lowest BCUT2D eigenvalue weighted by Gasteiger charge is -2.04. The van der Waals surface area contributed by atoms with Crippen molar-refractivity contribution < 1.29 is 9.32 Å². The number of carbonyl (C=O) groups excluding carboxylic acids is 1. The van der Waals surface area contributed by atoms with E-state index in [1.165, 1.54) is 0 Å². The Balaban J connectivity index is 2.08. The van der Waals surface area contributed by atoms with Crippen molar-refractivity contribution in [2.24, 2.45) is 5.73 Å². The van der Waals surface area contributed by atoms with Crippen LogP contribution in [-0.2, 0) is 0 Å². The Morgan fingerprint density at radius 3 is 2.54 bits per heavy atom. The number of nitrogens with two attached hydrogens (primary N) is 1. The molecule has 0 spiro atoms. The lowest BCUT2D eigenvalue weighted by molar-refractivity contribution is 0.0963. The average Bonchev–Trinajstić information content (AvgIpc) is 3.07. The molecule has 0 aliphatic carbocycles. The Morgan fingerprint density at radius 2 is 1.88 bits per heavy atom. The van der Waals surface area contributed by atoms with Gasteiger partial charge in [0.2, 0.25) is 0 Å². The van der Waals surface area contributed by atoms with E-state index in [9.17, 15) is 4.79 Å². The van der Waals surface area contributed by atoms with Crippen molar-refractivity contribution in [1.82, 2.24) is 10.5 Å². The average molecular weight is 388 g/mol. The third kappa shape index (κ3) is 3.59. The standard InChI is InChI=1S/C19H15Cl2N3O2/c1-23-19(25)17-16(26-24-18(17)11-5-3-2-4-6-11)10-15(22)12-7-8-13(20)14(21)9-12/h2-10H,22H2,1H3,(H,23,25). The number of aromatic nitrogens is 1. The van der Waals surface area contributed by atoms with Crippen LogP contribution >= 0.6 is 23.2 Å². The molecule has 0 fully saturated rings. The van der Waals surface area contributed by atoms with Crippen molar-refractivity contribution in [3.05, 3.63) is 75.5 Å². The predicted octanol–water partition coefficient (Wildman–Crippen LogP) is 4.46. The highest BCUT2D eigenvalue weighted by Gasteiger charge is 2.22. The van der Waals surface area contributed by atoms with Gasteiger partial charge in [0.1, 0.15) is 11.3 Å². The molecular weight excluding hydrogens is 373 g/mol. The molecule has 0 aliphatic heterocycles. The maximum Gasteiger partial charge on any atom is 0.257 e. The van der Waals surface area contributed by atoms with Gasteiger partial charge in [-0.2, -0.15) is 0 Å². The van der Waals surface area contributed by atoms with Crippen molar-refractivity contribution in [2.75, 3.05) is 7.05 Å². The first-order valence-electron chi connectivity index (χ1n) is 7.71. The summed E-state index contributed by atoms with van der Waals surface area (Å²) in [4.78, 5) is 12.4. The van der Waals surface area contributed by atoms with Gasteiger partial charge in [0, 0.05) is 24.4 Å². The summed E-state index contributed by atoms with van der Waals surface area (Å²) < 4.78 is 5.39. The fourth-order valence-electron chi connectivity index (χ4n) is 2.44. The van der Waals surface area contributed by atoms with Crippen LogP contribution in [-0.4, -0.2) is 18.1 Å². The second kappa shape index (κ2) is 7.64. The number of nitrogens with one attached hydrogen (secondary N) is 1. The monoisotopic (exact) mass is 387 g/mol. The molecule has 132 valence electrons. The van der Waals surface area contributed by atoms with Crippen LogP contribution in [0, 0.1) is 0 Å². The summed E-state index contributed by atoms with van der Waals surface area (Å²) in [6, 6.07) is 14.3. The SMILES string of the molecule is CNC(=O)c1c(-c2ccccc2)noc1C=C(N)c1ccc(Cl)c(Cl)c1. The molecule has 0 bridgehead atoms. The summed E-state index contributed by atoms with van der Waals surface area (Å²) in [5.74, 6) is -0.0648. The molecule has 0 saturated carbocycles. The minimum atomic E-state index is -0.321. The van der Waals surface area contributed by atoms with Crippen LogP contribution in [0.3, 0.4) is 0 Å². The van der Waals surface area contributed by atoms with Gasteiger partial charge < -0.3 is 15.6 Å². The van der Waals surface area contributed by atoms with Crippen LogP contribution in [0.4, 0.5) is 0 Å².